The first-order valence-corrected chi connectivity index (χ1v) is 29.5. The SMILES string of the molecule is CC(C)C(=O)Nc1nc2c(ncn2[C@@H]2O[C@@H]3CO[Si](C(C)C)(C(C)C)O[Si](C(C)C)(C(C)C)O[C@H]3[C@H]2O[P@](=S)(OCCC#N)OC[C@H]2C[C@@H](Oc3ccncn3)C[C@@H]2O[P+](=O)O)c(=O)[nH]1. The molecule has 3 aliphatic rings. The Morgan fingerprint density at radius 2 is 1.80 bits per heavy atom. The molecule has 9 atom stereocenters. The van der Waals surface area contributed by atoms with Crippen molar-refractivity contribution in [2.24, 2.45) is 11.8 Å². The van der Waals surface area contributed by atoms with Crippen molar-refractivity contribution >= 4 is 66.9 Å². The molecule has 6 rings (SSSR count). The molecular weight excluding hydrogens is 939 g/mol. The van der Waals surface area contributed by atoms with E-state index in [0.29, 0.717) is 12.3 Å². The lowest BCUT2D eigenvalue weighted by Gasteiger charge is -2.51. The third-order valence-corrected chi connectivity index (χ3v) is 25.0. The molecule has 5 heterocycles. The summed E-state index contributed by atoms with van der Waals surface area (Å²) < 4.78 is 73.7. The molecule has 0 bridgehead atoms. The van der Waals surface area contributed by atoms with Crippen molar-refractivity contribution in [3.8, 4) is 11.9 Å². The predicted molar refractivity (Wildman–Crippen MR) is 244 cm³/mol. The number of nitrogens with zero attached hydrogens (tertiary/aromatic N) is 6. The molecule has 0 aromatic carbocycles. The first-order valence-electron chi connectivity index (χ1n) is 21.9. The Labute approximate surface area is 386 Å². The minimum Gasteiger partial charge on any atom is -0.474 e. The predicted octanol–water partition coefficient (Wildman–Crippen LogP) is 6.81. The number of H-pyrrole nitrogens is 1. The van der Waals surface area contributed by atoms with E-state index >= 15 is 0 Å². The summed E-state index contributed by atoms with van der Waals surface area (Å²) >= 11 is 6.20. The number of nitrogens with one attached hydrogen (secondary N) is 2. The van der Waals surface area contributed by atoms with Crippen LogP contribution in [0.4, 0.5) is 5.95 Å². The Morgan fingerprint density at radius 3 is 2.42 bits per heavy atom. The van der Waals surface area contributed by atoms with Gasteiger partial charge in [0, 0.05) is 35.1 Å². The number of ether oxygens (including phenoxy) is 2. The third kappa shape index (κ3) is 11.5. The first kappa shape index (κ1) is 51.4. The first-order chi connectivity index (χ1) is 30.7. The normalized spacial score (nSPS) is 26.6. The summed E-state index contributed by atoms with van der Waals surface area (Å²) in [6.45, 7) is 16.0. The maximum atomic E-state index is 13.5. The lowest BCUT2D eigenvalue weighted by Crippen LogP contribution is -2.65. The van der Waals surface area contributed by atoms with Gasteiger partial charge in [-0.05, 0) is 40.4 Å². The van der Waals surface area contributed by atoms with Gasteiger partial charge in [-0.1, -0.05) is 69.2 Å². The molecule has 26 heteroatoms. The molecule has 1 amide bonds. The lowest BCUT2D eigenvalue weighted by molar-refractivity contribution is -0.118. The monoisotopic (exact) mass is 999 g/mol. The summed E-state index contributed by atoms with van der Waals surface area (Å²) in [6, 6.07) is 3.67. The van der Waals surface area contributed by atoms with Crippen LogP contribution in [-0.4, -0.2) is 108 Å². The van der Waals surface area contributed by atoms with Gasteiger partial charge < -0.3 is 31.5 Å². The average molecular weight is 1000 g/mol. The van der Waals surface area contributed by atoms with E-state index in [4.69, 9.17) is 52.3 Å². The zero-order chi connectivity index (χ0) is 47.4. The Morgan fingerprint density at radius 1 is 1.09 bits per heavy atom. The average Bonchev–Trinajstić information content (AvgIpc) is 3.91. The van der Waals surface area contributed by atoms with Crippen LogP contribution in [0.1, 0.15) is 94.7 Å². The summed E-state index contributed by atoms with van der Waals surface area (Å²) in [5.74, 6) is -1.08. The zero-order valence-electron chi connectivity index (χ0n) is 38.3. The number of hydrogen-bond donors (Lipinski definition) is 3. The van der Waals surface area contributed by atoms with E-state index in [1.807, 2.05) is 0 Å². The minimum atomic E-state index is -3.95. The molecule has 2 aliphatic heterocycles. The fourth-order valence-electron chi connectivity index (χ4n) is 8.60. The van der Waals surface area contributed by atoms with E-state index in [1.165, 1.54) is 23.4 Å². The van der Waals surface area contributed by atoms with E-state index in [9.17, 15) is 24.3 Å². The highest BCUT2D eigenvalue weighted by molar-refractivity contribution is 8.07. The number of fused-ring (bicyclic) bond motifs is 2. The Balaban J connectivity index is 1.44. The molecule has 1 saturated carbocycles. The van der Waals surface area contributed by atoms with Crippen molar-refractivity contribution in [2.45, 2.75) is 147 Å². The molecule has 0 radical (unpaired) electrons. The number of imidazole rings is 1. The Bertz CT molecular complexity index is 2270. The number of hydrogen-bond acceptors (Lipinski definition) is 18. The quantitative estimate of drug-likeness (QED) is 0.0633. The molecule has 3 aromatic rings. The van der Waals surface area contributed by atoms with E-state index < -0.39 is 86.2 Å². The molecule has 358 valence electrons. The van der Waals surface area contributed by atoms with E-state index in [-0.39, 0.29) is 77.8 Å². The number of rotatable bonds is 19. The number of carbonyl (C=O) groups is 1. The summed E-state index contributed by atoms with van der Waals surface area (Å²) in [5.41, 5.74) is -0.668. The molecule has 3 N–H and O–H groups in total. The molecule has 65 heavy (non-hydrogen) atoms. The third-order valence-electron chi connectivity index (χ3n) is 11.9. The van der Waals surface area contributed by atoms with Gasteiger partial charge in [0.05, 0.1) is 38.6 Å². The maximum absolute atomic E-state index is 13.5. The summed E-state index contributed by atoms with van der Waals surface area (Å²) in [7, 11) is -9.38. The summed E-state index contributed by atoms with van der Waals surface area (Å²) in [4.78, 5) is 55.7. The van der Waals surface area contributed by atoms with Gasteiger partial charge in [-0.15, -0.1) is 9.42 Å². The topological polar surface area (TPSA) is 263 Å². The van der Waals surface area contributed by atoms with Gasteiger partial charge >= 0.3 is 32.1 Å². The van der Waals surface area contributed by atoms with Gasteiger partial charge in [-0.2, -0.15) is 10.2 Å². The molecule has 1 unspecified atom stereocenters. The van der Waals surface area contributed by atoms with Gasteiger partial charge in [0.25, 0.3) is 5.56 Å². The van der Waals surface area contributed by atoms with Crippen molar-refractivity contribution in [3.05, 3.63) is 35.3 Å². The summed E-state index contributed by atoms with van der Waals surface area (Å²) in [6.07, 6.45) is -0.494. The van der Waals surface area contributed by atoms with Crippen molar-refractivity contribution in [1.29, 1.82) is 5.26 Å². The van der Waals surface area contributed by atoms with Crippen molar-refractivity contribution in [3.63, 3.8) is 0 Å². The van der Waals surface area contributed by atoms with Gasteiger partial charge in [0.1, 0.15) is 36.8 Å². The van der Waals surface area contributed by atoms with Crippen LogP contribution in [0.3, 0.4) is 0 Å². The minimum absolute atomic E-state index is 0.0342. The van der Waals surface area contributed by atoms with Crippen LogP contribution < -0.4 is 15.6 Å². The summed E-state index contributed by atoms with van der Waals surface area (Å²) in [5, 5.41) is 12.2. The molecule has 3 fully saturated rings. The smallest absolute Gasteiger partial charge is 0.474 e. The fraction of sp³-hybridized carbons (Fsp3) is 0.718. The van der Waals surface area contributed by atoms with Crippen LogP contribution in [0.15, 0.2) is 29.7 Å². The Hall–Kier alpha value is -2.99. The Kier molecular flexibility index (Phi) is 17.0. The van der Waals surface area contributed by atoms with Crippen LogP contribution in [0.25, 0.3) is 11.2 Å². The van der Waals surface area contributed by atoms with Crippen molar-refractivity contribution in [2.75, 3.05) is 25.1 Å². The van der Waals surface area contributed by atoms with Crippen molar-refractivity contribution < 1.29 is 54.8 Å². The van der Waals surface area contributed by atoms with Crippen LogP contribution in [0.5, 0.6) is 5.88 Å². The van der Waals surface area contributed by atoms with Crippen LogP contribution in [0, 0.1) is 23.2 Å². The van der Waals surface area contributed by atoms with Crippen LogP contribution in [0.2, 0.25) is 22.2 Å². The number of carbonyl (C=O) groups excluding carboxylic acids is 1. The molecular formula is C39H61N8O13P2SSi2+. The maximum Gasteiger partial charge on any atom is 0.695 e. The number of amides is 1. The van der Waals surface area contributed by atoms with E-state index in [0.717, 1.165) is 0 Å². The van der Waals surface area contributed by atoms with E-state index in [1.54, 1.807) is 19.9 Å². The highest BCUT2D eigenvalue weighted by Gasteiger charge is 2.63. The molecule has 1 aliphatic carbocycles. The van der Waals surface area contributed by atoms with Gasteiger partial charge in [0.2, 0.25) is 17.7 Å². The molecule has 21 nitrogen and oxygen atoms in total. The highest BCUT2D eigenvalue weighted by Crippen LogP contribution is 2.57. The molecule has 3 aromatic heterocycles. The molecule has 2 saturated heterocycles. The highest BCUT2D eigenvalue weighted by atomic mass is 32.5. The standard InChI is InChI=1S/C39H60N8O13P2SSi2/c1-22(2)36(48)45-39-44-35-32(37(49)46-39)43-21-47(35)38-34(33-30(56-38)19-54-64(23(3)4,24(5)6)60-65(59-33,25(7)8)26(9)10)58-62(63,52-15-11-13-40)53-18-27-16-28(17-29(27)57-61(50)51)55-31-12-14-41-20-42-31/h12,14,20-30,33-34,38H,11,15-19H2,1-10H3,(H2-,44,45,46,48,49,50,51)/p+1/t27-,28-,29+,30-,33-,34-,38-,62+/m1/s1. The lowest BCUT2D eigenvalue weighted by atomic mass is 10.1. The van der Waals surface area contributed by atoms with Gasteiger partial charge in [-0.25, -0.2) is 15.0 Å². The van der Waals surface area contributed by atoms with Crippen LogP contribution >= 0.6 is 15.0 Å². The second-order valence-corrected chi connectivity index (χ2v) is 30.5. The number of anilines is 1. The van der Waals surface area contributed by atoms with Gasteiger partial charge in [0.15, 0.2) is 17.4 Å². The van der Waals surface area contributed by atoms with E-state index in [2.05, 4.69) is 91.7 Å². The number of aromatic nitrogens is 6. The number of aromatic amines is 1. The largest absolute Gasteiger partial charge is 0.695 e. The zero-order valence-corrected chi connectivity index (χ0v) is 42.9. The molecule has 0 spiro atoms. The fourth-order valence-corrected chi connectivity index (χ4v) is 22.4. The second-order valence-electron chi connectivity index (χ2n) is 18.0. The number of nitriles is 1. The second kappa shape index (κ2) is 21.5. The van der Waals surface area contributed by atoms with Crippen LogP contribution in [-0.2, 0) is 57.0 Å². The van der Waals surface area contributed by atoms with Gasteiger partial charge in [-0.3, -0.25) is 29.0 Å². The van der Waals surface area contributed by atoms with Crippen molar-refractivity contribution in [1.82, 2.24) is 29.5 Å².